The number of hydrogen-bond acceptors (Lipinski definition) is 2. The molecular weight excluding hydrogens is 262 g/mol. The van der Waals surface area contributed by atoms with Crippen molar-refractivity contribution in [2.75, 3.05) is 5.32 Å². The fraction of sp³-hybridized carbons (Fsp3) is 0.133. The molecular formula is C15H14F2N2O. The molecule has 5 heteroatoms. The van der Waals surface area contributed by atoms with E-state index in [2.05, 4.69) is 5.32 Å². The molecule has 0 aliphatic heterocycles. The largest absolute Gasteiger partial charge is 0.370 e. The average Bonchev–Trinajstić information content (AvgIpc) is 2.34. The summed E-state index contributed by atoms with van der Waals surface area (Å²) in [5.41, 5.74) is 6.83. The van der Waals surface area contributed by atoms with E-state index in [1.54, 1.807) is 19.1 Å². The summed E-state index contributed by atoms with van der Waals surface area (Å²) >= 11 is 0. The highest BCUT2D eigenvalue weighted by Crippen LogP contribution is 2.22. The molecule has 3 nitrogen and oxygen atoms in total. The van der Waals surface area contributed by atoms with Crippen molar-refractivity contribution in [3.8, 4) is 0 Å². The van der Waals surface area contributed by atoms with Crippen molar-refractivity contribution in [3.63, 3.8) is 0 Å². The molecule has 1 atom stereocenters. The number of nitrogens with two attached hydrogens (primary N) is 1. The van der Waals surface area contributed by atoms with Gasteiger partial charge in [-0.1, -0.05) is 12.1 Å². The maximum atomic E-state index is 13.3. The minimum atomic E-state index is -0.924. The second-order valence-corrected chi connectivity index (χ2v) is 4.55. The van der Waals surface area contributed by atoms with Gasteiger partial charge < -0.3 is 11.1 Å². The molecule has 2 aromatic rings. The number of halogens is 2. The highest BCUT2D eigenvalue weighted by atomic mass is 19.1. The van der Waals surface area contributed by atoms with Gasteiger partial charge in [0, 0.05) is 5.69 Å². The van der Waals surface area contributed by atoms with Gasteiger partial charge in [-0.2, -0.15) is 0 Å². The molecule has 0 heterocycles. The molecule has 0 saturated carbocycles. The highest BCUT2D eigenvalue weighted by Gasteiger charge is 2.18. The first-order valence-corrected chi connectivity index (χ1v) is 6.04. The van der Waals surface area contributed by atoms with Gasteiger partial charge >= 0.3 is 0 Å². The molecule has 20 heavy (non-hydrogen) atoms. The number of carbonyl (C=O) groups is 1. The monoisotopic (exact) mass is 276 g/mol. The lowest BCUT2D eigenvalue weighted by Crippen LogP contribution is -2.27. The Balaban J connectivity index is 2.33. The third kappa shape index (κ3) is 3.32. The van der Waals surface area contributed by atoms with Crippen molar-refractivity contribution in [1.82, 2.24) is 0 Å². The van der Waals surface area contributed by atoms with E-state index in [1.165, 1.54) is 30.3 Å². The Morgan fingerprint density at radius 3 is 2.50 bits per heavy atom. The SMILES string of the molecule is Cc1cc(F)cc(NC(C(N)=O)c2cccc(F)c2)c1. The second kappa shape index (κ2) is 5.69. The van der Waals surface area contributed by atoms with Gasteiger partial charge in [-0.25, -0.2) is 8.78 Å². The molecule has 2 rings (SSSR count). The predicted octanol–water partition coefficient (Wildman–Crippen LogP) is 2.91. The standard InChI is InChI=1S/C15H14F2N2O/c1-9-5-12(17)8-13(6-9)19-14(15(18)20)10-3-2-4-11(16)7-10/h2-8,14,19H,1H3,(H2,18,20). The average molecular weight is 276 g/mol. The minimum absolute atomic E-state index is 0.388. The Morgan fingerprint density at radius 2 is 1.90 bits per heavy atom. The number of rotatable bonds is 4. The zero-order valence-corrected chi connectivity index (χ0v) is 10.9. The summed E-state index contributed by atoms with van der Waals surface area (Å²) in [4.78, 5) is 11.5. The van der Waals surface area contributed by atoms with Crippen LogP contribution in [-0.2, 0) is 4.79 Å². The lowest BCUT2D eigenvalue weighted by Gasteiger charge is -2.17. The zero-order chi connectivity index (χ0) is 14.7. The van der Waals surface area contributed by atoms with Crippen LogP contribution in [0.5, 0.6) is 0 Å². The summed E-state index contributed by atoms with van der Waals surface area (Å²) in [5, 5.41) is 2.82. The molecule has 0 bridgehead atoms. The van der Waals surface area contributed by atoms with E-state index in [0.29, 0.717) is 16.8 Å². The first-order chi connectivity index (χ1) is 9.45. The number of nitrogens with one attached hydrogen (secondary N) is 1. The van der Waals surface area contributed by atoms with Crippen molar-refractivity contribution in [2.45, 2.75) is 13.0 Å². The van der Waals surface area contributed by atoms with Gasteiger partial charge in [0.15, 0.2) is 0 Å². The Kier molecular flexibility index (Phi) is 3.98. The number of aryl methyl sites for hydroxylation is 1. The van der Waals surface area contributed by atoms with Gasteiger partial charge in [0.05, 0.1) is 0 Å². The van der Waals surface area contributed by atoms with Gasteiger partial charge in [-0.3, -0.25) is 4.79 Å². The van der Waals surface area contributed by atoms with Crippen LogP contribution in [0.2, 0.25) is 0 Å². The fourth-order valence-corrected chi connectivity index (χ4v) is 1.99. The number of carbonyl (C=O) groups excluding carboxylic acids is 1. The molecule has 0 radical (unpaired) electrons. The number of amides is 1. The van der Waals surface area contributed by atoms with Crippen LogP contribution in [0.3, 0.4) is 0 Å². The van der Waals surface area contributed by atoms with Crippen LogP contribution in [0.1, 0.15) is 17.2 Å². The Morgan fingerprint density at radius 1 is 1.15 bits per heavy atom. The molecule has 0 aliphatic rings. The van der Waals surface area contributed by atoms with Crippen molar-refractivity contribution in [2.24, 2.45) is 5.73 Å². The van der Waals surface area contributed by atoms with E-state index < -0.39 is 23.6 Å². The summed E-state index contributed by atoms with van der Waals surface area (Å²) in [7, 11) is 0. The molecule has 0 aromatic heterocycles. The molecule has 3 N–H and O–H groups in total. The van der Waals surface area contributed by atoms with E-state index >= 15 is 0 Å². The summed E-state index contributed by atoms with van der Waals surface area (Å²) in [5.74, 6) is -1.56. The third-order valence-corrected chi connectivity index (χ3v) is 2.82. The maximum Gasteiger partial charge on any atom is 0.244 e. The Labute approximate surface area is 115 Å². The van der Waals surface area contributed by atoms with Gasteiger partial charge in [-0.15, -0.1) is 0 Å². The molecule has 0 spiro atoms. The Hall–Kier alpha value is -2.43. The van der Waals surface area contributed by atoms with Crippen molar-refractivity contribution < 1.29 is 13.6 Å². The van der Waals surface area contributed by atoms with Crippen molar-refractivity contribution in [3.05, 3.63) is 65.2 Å². The Bertz CT molecular complexity index is 623. The lowest BCUT2D eigenvalue weighted by molar-refractivity contribution is -0.118. The number of benzene rings is 2. The van der Waals surface area contributed by atoms with E-state index in [4.69, 9.17) is 5.73 Å². The van der Waals surface area contributed by atoms with Crippen LogP contribution in [0, 0.1) is 18.6 Å². The van der Waals surface area contributed by atoms with Crippen LogP contribution in [0.4, 0.5) is 14.5 Å². The molecule has 0 aliphatic carbocycles. The first kappa shape index (κ1) is 14.0. The summed E-state index contributed by atoms with van der Waals surface area (Å²) in [6, 6.07) is 8.93. The van der Waals surface area contributed by atoms with E-state index in [1.807, 2.05) is 0 Å². The van der Waals surface area contributed by atoms with Crippen molar-refractivity contribution in [1.29, 1.82) is 0 Å². The van der Waals surface area contributed by atoms with Crippen LogP contribution >= 0.6 is 0 Å². The quantitative estimate of drug-likeness (QED) is 0.902. The second-order valence-electron chi connectivity index (χ2n) is 4.55. The van der Waals surface area contributed by atoms with Crippen LogP contribution in [0.15, 0.2) is 42.5 Å². The van der Waals surface area contributed by atoms with Gasteiger partial charge in [0.2, 0.25) is 5.91 Å². The van der Waals surface area contributed by atoms with Gasteiger partial charge in [0.25, 0.3) is 0 Å². The fourth-order valence-electron chi connectivity index (χ4n) is 1.99. The third-order valence-electron chi connectivity index (χ3n) is 2.82. The van der Waals surface area contributed by atoms with Crippen molar-refractivity contribution >= 4 is 11.6 Å². The molecule has 2 aromatic carbocycles. The van der Waals surface area contributed by atoms with Crippen LogP contribution in [-0.4, -0.2) is 5.91 Å². The number of hydrogen-bond donors (Lipinski definition) is 2. The molecule has 104 valence electrons. The number of anilines is 1. The normalized spacial score (nSPS) is 11.9. The topological polar surface area (TPSA) is 55.1 Å². The van der Waals surface area contributed by atoms with Crippen LogP contribution in [0.25, 0.3) is 0 Å². The lowest BCUT2D eigenvalue weighted by atomic mass is 10.1. The summed E-state index contributed by atoms with van der Waals surface area (Å²) in [6.45, 7) is 1.73. The molecule has 0 fully saturated rings. The van der Waals surface area contributed by atoms with E-state index in [0.717, 1.165) is 0 Å². The van der Waals surface area contributed by atoms with E-state index in [-0.39, 0.29) is 0 Å². The number of primary amides is 1. The van der Waals surface area contributed by atoms with E-state index in [9.17, 15) is 13.6 Å². The van der Waals surface area contributed by atoms with Crippen LogP contribution < -0.4 is 11.1 Å². The summed E-state index contributed by atoms with van der Waals surface area (Å²) in [6.07, 6.45) is 0. The summed E-state index contributed by atoms with van der Waals surface area (Å²) < 4.78 is 26.5. The van der Waals surface area contributed by atoms with Gasteiger partial charge in [-0.05, 0) is 48.4 Å². The minimum Gasteiger partial charge on any atom is -0.370 e. The van der Waals surface area contributed by atoms with Gasteiger partial charge in [0.1, 0.15) is 17.7 Å². The highest BCUT2D eigenvalue weighted by molar-refractivity contribution is 5.84. The predicted molar refractivity (Wildman–Crippen MR) is 73.1 cm³/mol. The first-order valence-electron chi connectivity index (χ1n) is 6.04. The zero-order valence-electron chi connectivity index (χ0n) is 10.9. The molecule has 1 unspecified atom stereocenters. The maximum absolute atomic E-state index is 13.3. The smallest absolute Gasteiger partial charge is 0.244 e. The molecule has 0 saturated heterocycles. The molecule has 1 amide bonds.